The quantitative estimate of drug-likeness (QED) is 0.367. The standard InChI is InChI=1S/C7H14O5/c8-3-5-7(11)6(10)4(9)1-2-12-5/h4-11H,1-3H2/t4-,5+,6+,7+/m0/s1. The van der Waals surface area contributed by atoms with Gasteiger partial charge in [0.1, 0.15) is 18.3 Å². The van der Waals surface area contributed by atoms with E-state index in [1.165, 1.54) is 0 Å². The molecular formula is C7H14O5. The van der Waals surface area contributed by atoms with Crippen LogP contribution in [-0.4, -0.2) is 58.1 Å². The highest BCUT2D eigenvalue weighted by Gasteiger charge is 2.34. The third-order valence-corrected chi connectivity index (χ3v) is 2.05. The van der Waals surface area contributed by atoms with Gasteiger partial charge in [-0.2, -0.15) is 0 Å². The van der Waals surface area contributed by atoms with Crippen LogP contribution in [-0.2, 0) is 4.74 Å². The first-order valence-electron chi connectivity index (χ1n) is 3.93. The van der Waals surface area contributed by atoms with Crippen molar-refractivity contribution >= 4 is 0 Å². The van der Waals surface area contributed by atoms with Gasteiger partial charge in [0.15, 0.2) is 0 Å². The van der Waals surface area contributed by atoms with Gasteiger partial charge in [-0.05, 0) is 6.42 Å². The van der Waals surface area contributed by atoms with Crippen LogP contribution in [0.15, 0.2) is 0 Å². The molecule has 4 atom stereocenters. The normalized spacial score (nSPS) is 44.0. The number of hydrogen-bond donors (Lipinski definition) is 4. The highest BCUT2D eigenvalue weighted by atomic mass is 16.5. The fraction of sp³-hybridized carbons (Fsp3) is 1.00. The third kappa shape index (κ3) is 1.94. The van der Waals surface area contributed by atoms with Gasteiger partial charge in [-0.15, -0.1) is 0 Å². The van der Waals surface area contributed by atoms with Crippen LogP contribution in [0.1, 0.15) is 6.42 Å². The van der Waals surface area contributed by atoms with Crippen LogP contribution in [0, 0.1) is 0 Å². The Morgan fingerprint density at radius 3 is 2.42 bits per heavy atom. The van der Waals surface area contributed by atoms with E-state index in [0.717, 1.165) is 0 Å². The Labute approximate surface area is 70.2 Å². The van der Waals surface area contributed by atoms with Crippen LogP contribution >= 0.6 is 0 Å². The Bertz CT molecular complexity index is 138. The second-order valence-electron chi connectivity index (χ2n) is 2.93. The molecule has 1 aliphatic heterocycles. The first-order chi connectivity index (χ1) is 5.66. The summed E-state index contributed by atoms with van der Waals surface area (Å²) in [6.07, 6.45) is -3.94. The number of hydrogen-bond acceptors (Lipinski definition) is 5. The average Bonchev–Trinajstić information content (AvgIpc) is 2.19. The van der Waals surface area contributed by atoms with Crippen LogP contribution in [0.2, 0.25) is 0 Å². The summed E-state index contributed by atoms with van der Waals surface area (Å²) >= 11 is 0. The molecule has 1 heterocycles. The molecule has 1 aliphatic rings. The van der Waals surface area contributed by atoms with E-state index in [9.17, 15) is 10.2 Å². The van der Waals surface area contributed by atoms with Crippen LogP contribution in [0.25, 0.3) is 0 Å². The lowest BCUT2D eigenvalue weighted by Crippen LogP contribution is -2.44. The molecule has 0 spiro atoms. The molecule has 0 bridgehead atoms. The Kier molecular flexibility index (Phi) is 3.42. The molecule has 12 heavy (non-hydrogen) atoms. The first kappa shape index (κ1) is 9.88. The maximum atomic E-state index is 9.29. The molecule has 0 radical (unpaired) electrons. The maximum Gasteiger partial charge on any atom is 0.111 e. The van der Waals surface area contributed by atoms with Crippen LogP contribution in [0.3, 0.4) is 0 Å². The molecule has 0 aromatic heterocycles. The van der Waals surface area contributed by atoms with E-state index in [1.807, 2.05) is 0 Å². The van der Waals surface area contributed by atoms with Gasteiger partial charge in [0.05, 0.1) is 12.7 Å². The summed E-state index contributed by atoms with van der Waals surface area (Å²) in [5.41, 5.74) is 0. The Morgan fingerprint density at radius 2 is 1.83 bits per heavy atom. The average molecular weight is 178 g/mol. The summed E-state index contributed by atoms with van der Waals surface area (Å²) in [6.45, 7) is -0.120. The molecule has 1 rings (SSSR count). The van der Waals surface area contributed by atoms with Gasteiger partial charge in [0.2, 0.25) is 0 Å². The van der Waals surface area contributed by atoms with Crippen molar-refractivity contribution in [2.45, 2.75) is 30.8 Å². The Balaban J connectivity index is 2.59. The number of ether oxygens (including phenoxy) is 1. The monoisotopic (exact) mass is 178 g/mol. The topological polar surface area (TPSA) is 90.2 Å². The van der Waals surface area contributed by atoms with Gasteiger partial charge in [-0.1, -0.05) is 0 Å². The summed E-state index contributed by atoms with van der Waals surface area (Å²) in [6, 6.07) is 0. The van der Waals surface area contributed by atoms with Crippen LogP contribution in [0.4, 0.5) is 0 Å². The van der Waals surface area contributed by atoms with Crippen molar-refractivity contribution in [1.29, 1.82) is 0 Å². The van der Waals surface area contributed by atoms with E-state index in [4.69, 9.17) is 14.9 Å². The first-order valence-corrected chi connectivity index (χ1v) is 3.93. The summed E-state index contributed by atoms with van der Waals surface area (Å²) in [4.78, 5) is 0. The highest BCUT2D eigenvalue weighted by molar-refractivity contribution is 4.84. The molecule has 72 valence electrons. The van der Waals surface area contributed by atoms with Crippen molar-refractivity contribution in [3.63, 3.8) is 0 Å². The molecule has 4 N–H and O–H groups in total. The lowest BCUT2D eigenvalue weighted by Gasteiger charge is -2.23. The molecule has 0 aromatic carbocycles. The predicted octanol–water partition coefficient (Wildman–Crippen LogP) is -2.15. The second kappa shape index (κ2) is 4.15. The molecule has 0 aromatic rings. The van der Waals surface area contributed by atoms with Gasteiger partial charge in [-0.3, -0.25) is 0 Å². The van der Waals surface area contributed by atoms with Crippen molar-refractivity contribution in [2.75, 3.05) is 13.2 Å². The fourth-order valence-electron chi connectivity index (χ4n) is 1.22. The van der Waals surface area contributed by atoms with E-state index < -0.39 is 24.4 Å². The maximum absolute atomic E-state index is 9.29. The minimum Gasteiger partial charge on any atom is -0.394 e. The minimum atomic E-state index is -1.23. The van der Waals surface area contributed by atoms with Crippen LogP contribution in [0.5, 0.6) is 0 Å². The van der Waals surface area contributed by atoms with E-state index in [1.54, 1.807) is 0 Å². The molecule has 0 saturated carbocycles. The number of rotatable bonds is 1. The Morgan fingerprint density at radius 1 is 1.17 bits per heavy atom. The predicted molar refractivity (Wildman–Crippen MR) is 39.5 cm³/mol. The van der Waals surface area contributed by atoms with E-state index in [2.05, 4.69) is 0 Å². The van der Waals surface area contributed by atoms with Gasteiger partial charge in [0, 0.05) is 6.61 Å². The minimum absolute atomic E-state index is 0.237. The zero-order chi connectivity index (χ0) is 9.14. The number of aliphatic hydroxyl groups is 4. The summed E-state index contributed by atoms with van der Waals surface area (Å²) in [7, 11) is 0. The molecule has 0 aliphatic carbocycles. The van der Waals surface area contributed by atoms with Gasteiger partial charge < -0.3 is 25.2 Å². The molecule has 5 heteroatoms. The zero-order valence-corrected chi connectivity index (χ0v) is 6.63. The lowest BCUT2D eigenvalue weighted by molar-refractivity contribution is -0.106. The second-order valence-corrected chi connectivity index (χ2v) is 2.93. The van der Waals surface area contributed by atoms with Crippen molar-refractivity contribution in [2.24, 2.45) is 0 Å². The summed E-state index contributed by atoms with van der Waals surface area (Å²) < 4.78 is 4.99. The summed E-state index contributed by atoms with van der Waals surface area (Å²) in [5.74, 6) is 0. The van der Waals surface area contributed by atoms with Gasteiger partial charge >= 0.3 is 0 Å². The van der Waals surface area contributed by atoms with Crippen molar-refractivity contribution in [3.8, 4) is 0 Å². The fourth-order valence-corrected chi connectivity index (χ4v) is 1.22. The SMILES string of the molecule is OC[C@H]1OCC[C@H](O)[C@@H](O)[C@@H]1O. The molecule has 0 unspecified atom stereocenters. The summed E-state index contributed by atoms with van der Waals surface area (Å²) in [5, 5.41) is 36.4. The lowest BCUT2D eigenvalue weighted by atomic mass is 10.0. The molecule has 1 fully saturated rings. The van der Waals surface area contributed by atoms with Gasteiger partial charge in [-0.25, -0.2) is 0 Å². The van der Waals surface area contributed by atoms with E-state index in [0.29, 0.717) is 0 Å². The van der Waals surface area contributed by atoms with Crippen LogP contribution < -0.4 is 0 Å². The molecule has 0 amide bonds. The molecular weight excluding hydrogens is 164 g/mol. The third-order valence-electron chi connectivity index (χ3n) is 2.05. The van der Waals surface area contributed by atoms with E-state index >= 15 is 0 Å². The molecule has 1 saturated heterocycles. The van der Waals surface area contributed by atoms with Crippen molar-refractivity contribution in [1.82, 2.24) is 0 Å². The van der Waals surface area contributed by atoms with Gasteiger partial charge in [0.25, 0.3) is 0 Å². The van der Waals surface area contributed by atoms with E-state index in [-0.39, 0.29) is 19.6 Å². The highest BCUT2D eigenvalue weighted by Crippen LogP contribution is 2.15. The van der Waals surface area contributed by atoms with Crippen molar-refractivity contribution in [3.05, 3.63) is 0 Å². The largest absolute Gasteiger partial charge is 0.394 e. The number of aliphatic hydroxyl groups excluding tert-OH is 4. The molecule has 5 nitrogen and oxygen atoms in total. The zero-order valence-electron chi connectivity index (χ0n) is 6.63. The smallest absolute Gasteiger partial charge is 0.111 e. The van der Waals surface area contributed by atoms with Crippen molar-refractivity contribution < 1.29 is 25.2 Å². The Hall–Kier alpha value is -0.200.